The summed E-state index contributed by atoms with van der Waals surface area (Å²) in [5.74, 6) is 2.74. The lowest BCUT2D eigenvalue weighted by molar-refractivity contribution is 0.481. The lowest BCUT2D eigenvalue weighted by Crippen LogP contribution is -2.20. The molecule has 0 atom stereocenters. The zero-order valence-electron chi connectivity index (χ0n) is 12.8. The van der Waals surface area contributed by atoms with Crippen molar-refractivity contribution in [1.82, 2.24) is 10.3 Å². The predicted octanol–water partition coefficient (Wildman–Crippen LogP) is 3.77. The van der Waals surface area contributed by atoms with Gasteiger partial charge >= 0.3 is 0 Å². The summed E-state index contributed by atoms with van der Waals surface area (Å²) < 4.78 is 5.60. The SMILES string of the molecule is CCCNCc1nc(N(C)Cc2ccc(C)o2)ccc1Cl. The highest BCUT2D eigenvalue weighted by Gasteiger charge is 2.09. The van der Waals surface area contributed by atoms with Gasteiger partial charge in [-0.25, -0.2) is 4.98 Å². The second-order valence-electron chi connectivity index (χ2n) is 5.14. The monoisotopic (exact) mass is 307 g/mol. The molecule has 0 spiro atoms. The molecule has 1 N–H and O–H groups in total. The van der Waals surface area contributed by atoms with Crippen molar-refractivity contribution in [3.8, 4) is 0 Å². The minimum atomic E-state index is 0.685. The van der Waals surface area contributed by atoms with E-state index in [9.17, 15) is 0 Å². The number of furan rings is 1. The minimum absolute atomic E-state index is 0.685. The Kier molecular flexibility index (Phi) is 5.65. The van der Waals surface area contributed by atoms with Gasteiger partial charge in [0.25, 0.3) is 0 Å². The Labute approximate surface area is 131 Å². The maximum absolute atomic E-state index is 6.20. The van der Waals surface area contributed by atoms with Crippen molar-refractivity contribution < 1.29 is 4.42 Å². The highest BCUT2D eigenvalue weighted by Crippen LogP contribution is 2.20. The van der Waals surface area contributed by atoms with E-state index in [1.54, 1.807) is 0 Å². The molecule has 2 aromatic heterocycles. The third-order valence-corrected chi connectivity index (χ3v) is 3.55. The maximum atomic E-state index is 6.20. The van der Waals surface area contributed by atoms with Gasteiger partial charge in [-0.2, -0.15) is 0 Å². The molecular formula is C16H22ClN3O. The molecule has 4 nitrogen and oxygen atoms in total. The van der Waals surface area contributed by atoms with Crippen molar-refractivity contribution in [3.05, 3.63) is 46.5 Å². The zero-order valence-corrected chi connectivity index (χ0v) is 13.6. The molecule has 5 heteroatoms. The molecule has 0 aliphatic rings. The second kappa shape index (κ2) is 7.48. The fourth-order valence-corrected chi connectivity index (χ4v) is 2.25. The first-order valence-corrected chi connectivity index (χ1v) is 7.60. The van der Waals surface area contributed by atoms with Gasteiger partial charge in [0.15, 0.2) is 0 Å². The van der Waals surface area contributed by atoms with E-state index in [4.69, 9.17) is 16.0 Å². The van der Waals surface area contributed by atoms with Crippen LogP contribution in [0.25, 0.3) is 0 Å². The molecule has 0 radical (unpaired) electrons. The molecule has 0 bridgehead atoms. The van der Waals surface area contributed by atoms with Crippen LogP contribution in [0.2, 0.25) is 5.02 Å². The van der Waals surface area contributed by atoms with Gasteiger partial charge in [0.1, 0.15) is 17.3 Å². The van der Waals surface area contributed by atoms with Gasteiger partial charge in [-0.1, -0.05) is 18.5 Å². The number of anilines is 1. The lowest BCUT2D eigenvalue weighted by Gasteiger charge is -2.18. The number of hydrogen-bond acceptors (Lipinski definition) is 4. The molecule has 2 heterocycles. The van der Waals surface area contributed by atoms with Gasteiger partial charge < -0.3 is 14.6 Å². The van der Waals surface area contributed by atoms with E-state index in [-0.39, 0.29) is 0 Å². The smallest absolute Gasteiger partial charge is 0.129 e. The number of aromatic nitrogens is 1. The molecule has 2 rings (SSSR count). The molecule has 114 valence electrons. The first kappa shape index (κ1) is 15.9. The molecule has 0 aromatic carbocycles. The third kappa shape index (κ3) is 4.48. The zero-order chi connectivity index (χ0) is 15.2. The molecule has 2 aromatic rings. The fraction of sp³-hybridized carbons (Fsp3) is 0.438. The summed E-state index contributed by atoms with van der Waals surface area (Å²) in [7, 11) is 2.00. The van der Waals surface area contributed by atoms with Crippen molar-refractivity contribution in [2.24, 2.45) is 0 Å². The fourth-order valence-electron chi connectivity index (χ4n) is 2.08. The van der Waals surface area contributed by atoms with Crippen LogP contribution < -0.4 is 10.2 Å². The minimum Gasteiger partial charge on any atom is -0.464 e. The van der Waals surface area contributed by atoms with Crippen LogP contribution in [0.4, 0.5) is 5.82 Å². The summed E-state index contributed by atoms with van der Waals surface area (Å²) in [5, 5.41) is 4.03. The molecule has 0 unspecified atom stereocenters. The lowest BCUT2D eigenvalue weighted by atomic mass is 10.3. The highest BCUT2D eigenvalue weighted by molar-refractivity contribution is 6.31. The largest absolute Gasteiger partial charge is 0.464 e. The van der Waals surface area contributed by atoms with E-state index >= 15 is 0 Å². The molecule has 0 amide bonds. The summed E-state index contributed by atoms with van der Waals surface area (Å²) in [6, 6.07) is 7.79. The van der Waals surface area contributed by atoms with Crippen LogP contribution in [0.15, 0.2) is 28.7 Å². The first-order valence-electron chi connectivity index (χ1n) is 7.22. The number of nitrogens with one attached hydrogen (secondary N) is 1. The number of halogens is 1. The standard InChI is InChI=1S/C16H22ClN3O/c1-4-9-18-10-15-14(17)7-8-16(19-15)20(3)11-13-6-5-12(2)21-13/h5-8,18H,4,9-11H2,1-3H3. The van der Waals surface area contributed by atoms with Crippen LogP contribution in [0.1, 0.15) is 30.6 Å². The van der Waals surface area contributed by atoms with Crippen LogP contribution in [-0.2, 0) is 13.1 Å². The van der Waals surface area contributed by atoms with Gasteiger partial charge in [0.2, 0.25) is 0 Å². The molecule has 0 fully saturated rings. The Morgan fingerprint density at radius 3 is 2.76 bits per heavy atom. The number of hydrogen-bond donors (Lipinski definition) is 1. The van der Waals surface area contributed by atoms with Crippen molar-refractivity contribution in [2.45, 2.75) is 33.4 Å². The quantitative estimate of drug-likeness (QED) is 0.791. The average molecular weight is 308 g/mol. The van der Waals surface area contributed by atoms with E-state index in [0.29, 0.717) is 18.1 Å². The molecule has 0 aliphatic heterocycles. The summed E-state index contributed by atoms with van der Waals surface area (Å²) in [5.41, 5.74) is 0.880. The van der Waals surface area contributed by atoms with Gasteiger partial charge in [-0.3, -0.25) is 0 Å². The van der Waals surface area contributed by atoms with Gasteiger partial charge in [-0.05, 0) is 44.2 Å². The van der Waals surface area contributed by atoms with Gasteiger partial charge in [0.05, 0.1) is 17.3 Å². The maximum Gasteiger partial charge on any atom is 0.129 e. The molecule has 0 aliphatic carbocycles. The van der Waals surface area contributed by atoms with E-state index < -0.39 is 0 Å². The predicted molar refractivity (Wildman–Crippen MR) is 86.8 cm³/mol. The molecular weight excluding hydrogens is 286 g/mol. The van der Waals surface area contributed by atoms with Gasteiger partial charge in [0, 0.05) is 13.6 Å². The molecule has 0 saturated heterocycles. The summed E-state index contributed by atoms with van der Waals surface area (Å²) in [6.07, 6.45) is 1.09. The Morgan fingerprint density at radius 2 is 2.10 bits per heavy atom. The summed E-state index contributed by atoms with van der Waals surface area (Å²) in [6.45, 7) is 6.42. The van der Waals surface area contributed by atoms with Crippen LogP contribution in [-0.4, -0.2) is 18.6 Å². The van der Waals surface area contributed by atoms with Crippen LogP contribution in [0.5, 0.6) is 0 Å². The Morgan fingerprint density at radius 1 is 1.29 bits per heavy atom. The Bertz CT molecular complexity index is 583. The first-order chi connectivity index (χ1) is 10.1. The summed E-state index contributed by atoms with van der Waals surface area (Å²) in [4.78, 5) is 6.69. The van der Waals surface area contributed by atoms with Crippen molar-refractivity contribution in [1.29, 1.82) is 0 Å². The van der Waals surface area contributed by atoms with E-state index in [2.05, 4.69) is 22.1 Å². The normalized spacial score (nSPS) is 10.9. The van der Waals surface area contributed by atoms with E-state index in [0.717, 1.165) is 36.0 Å². The Hall–Kier alpha value is -1.52. The molecule has 21 heavy (non-hydrogen) atoms. The van der Waals surface area contributed by atoms with Crippen molar-refractivity contribution in [3.63, 3.8) is 0 Å². The molecule has 0 saturated carbocycles. The third-order valence-electron chi connectivity index (χ3n) is 3.20. The van der Waals surface area contributed by atoms with Gasteiger partial charge in [-0.15, -0.1) is 0 Å². The van der Waals surface area contributed by atoms with Crippen molar-refractivity contribution >= 4 is 17.4 Å². The Balaban J connectivity index is 2.06. The average Bonchev–Trinajstić information content (AvgIpc) is 2.86. The number of rotatable bonds is 7. The van der Waals surface area contributed by atoms with Crippen LogP contribution in [0, 0.1) is 6.92 Å². The number of nitrogens with zero attached hydrogens (tertiary/aromatic N) is 2. The second-order valence-corrected chi connectivity index (χ2v) is 5.55. The topological polar surface area (TPSA) is 41.3 Å². The van der Waals surface area contributed by atoms with Crippen molar-refractivity contribution in [2.75, 3.05) is 18.5 Å². The number of pyridine rings is 1. The van der Waals surface area contributed by atoms with Crippen LogP contribution in [0.3, 0.4) is 0 Å². The highest BCUT2D eigenvalue weighted by atomic mass is 35.5. The number of aryl methyl sites for hydroxylation is 1. The summed E-state index contributed by atoms with van der Waals surface area (Å²) >= 11 is 6.20. The van der Waals surface area contributed by atoms with E-state index in [1.807, 2.05) is 38.2 Å². The van der Waals surface area contributed by atoms with Crippen LogP contribution >= 0.6 is 11.6 Å². The van der Waals surface area contributed by atoms with E-state index in [1.165, 1.54) is 0 Å².